The molecular formula is C19H25O9P. The number of methoxy groups -OCH3 is 5. The first-order valence-corrected chi connectivity index (χ1v) is 9.71. The highest BCUT2D eigenvalue weighted by atomic mass is 31.2. The summed E-state index contributed by atoms with van der Waals surface area (Å²) in [4.78, 5) is 21.6. The normalized spacial score (nSPS) is 10.8. The van der Waals surface area contributed by atoms with E-state index in [4.69, 9.17) is 42.9 Å². The quantitative estimate of drug-likeness (QED) is 0.451. The number of hydrogen-bond donors (Lipinski definition) is 3. The van der Waals surface area contributed by atoms with Gasteiger partial charge in [0.1, 0.15) is 0 Å². The molecule has 2 rings (SSSR count). The third-order valence-corrected chi connectivity index (χ3v) is 3.56. The Labute approximate surface area is 169 Å². The molecule has 0 aliphatic rings. The van der Waals surface area contributed by atoms with Crippen LogP contribution >= 0.6 is 7.82 Å². The van der Waals surface area contributed by atoms with Crippen LogP contribution in [0.4, 0.5) is 0 Å². The molecule has 0 saturated heterocycles. The Hall–Kier alpha value is -2.71. The molecule has 29 heavy (non-hydrogen) atoms. The van der Waals surface area contributed by atoms with Crippen molar-refractivity contribution in [1.29, 1.82) is 0 Å². The van der Waals surface area contributed by atoms with Crippen molar-refractivity contribution in [3.63, 3.8) is 0 Å². The first-order valence-electron chi connectivity index (χ1n) is 8.15. The second-order valence-electron chi connectivity index (χ2n) is 5.42. The average molecular weight is 428 g/mol. The van der Waals surface area contributed by atoms with Crippen LogP contribution in [0.1, 0.15) is 11.1 Å². The van der Waals surface area contributed by atoms with E-state index in [0.717, 1.165) is 11.1 Å². The maximum atomic E-state index is 8.88. The highest BCUT2D eigenvalue weighted by molar-refractivity contribution is 7.45. The zero-order valence-corrected chi connectivity index (χ0v) is 17.7. The molecule has 0 radical (unpaired) electrons. The monoisotopic (exact) mass is 428 g/mol. The van der Waals surface area contributed by atoms with Crippen LogP contribution in [0.3, 0.4) is 0 Å². The minimum atomic E-state index is -4.64. The molecule has 160 valence electrons. The highest BCUT2D eigenvalue weighted by Gasteiger charge is 2.12. The lowest BCUT2D eigenvalue weighted by Gasteiger charge is -2.13. The second kappa shape index (κ2) is 11.3. The fraction of sp³-hybridized carbons (Fsp3) is 0.263. The Bertz CT molecular complexity index is 841. The predicted molar refractivity (Wildman–Crippen MR) is 109 cm³/mol. The van der Waals surface area contributed by atoms with E-state index in [1.807, 2.05) is 42.5 Å². The zero-order valence-electron chi connectivity index (χ0n) is 16.8. The Kier molecular flexibility index (Phi) is 9.50. The van der Waals surface area contributed by atoms with Gasteiger partial charge in [-0.2, -0.15) is 0 Å². The SMILES string of the molecule is COc1ccc(/C=C\c2cc(OC)c(OC)c(OC)c2)cc1OC.O=P(O)(O)O. The van der Waals surface area contributed by atoms with Crippen LogP contribution in [0.25, 0.3) is 12.2 Å². The van der Waals surface area contributed by atoms with Gasteiger partial charge in [-0.1, -0.05) is 18.2 Å². The summed E-state index contributed by atoms with van der Waals surface area (Å²) >= 11 is 0. The van der Waals surface area contributed by atoms with Crippen LogP contribution in [0.2, 0.25) is 0 Å². The highest BCUT2D eigenvalue weighted by Crippen LogP contribution is 2.38. The van der Waals surface area contributed by atoms with E-state index >= 15 is 0 Å². The molecule has 0 amide bonds. The van der Waals surface area contributed by atoms with Gasteiger partial charge >= 0.3 is 7.82 Å². The van der Waals surface area contributed by atoms with Gasteiger partial charge in [0.25, 0.3) is 0 Å². The molecule has 0 spiro atoms. The van der Waals surface area contributed by atoms with Crippen molar-refractivity contribution in [2.75, 3.05) is 35.5 Å². The third-order valence-electron chi connectivity index (χ3n) is 3.56. The largest absolute Gasteiger partial charge is 0.493 e. The van der Waals surface area contributed by atoms with Crippen molar-refractivity contribution < 1.29 is 42.9 Å². The molecule has 0 unspecified atom stereocenters. The fourth-order valence-electron chi connectivity index (χ4n) is 2.35. The van der Waals surface area contributed by atoms with Crippen molar-refractivity contribution in [1.82, 2.24) is 0 Å². The lowest BCUT2D eigenvalue weighted by molar-refractivity contribution is 0.275. The molecule has 2 aromatic rings. The minimum Gasteiger partial charge on any atom is -0.493 e. The van der Waals surface area contributed by atoms with Gasteiger partial charge in [0.2, 0.25) is 5.75 Å². The molecule has 0 aliphatic heterocycles. The van der Waals surface area contributed by atoms with E-state index in [1.54, 1.807) is 35.5 Å². The zero-order chi connectivity index (χ0) is 22.0. The lowest BCUT2D eigenvalue weighted by Crippen LogP contribution is -1.95. The van der Waals surface area contributed by atoms with E-state index in [1.165, 1.54) is 0 Å². The van der Waals surface area contributed by atoms with Gasteiger partial charge in [0.05, 0.1) is 35.5 Å². The first-order chi connectivity index (χ1) is 13.7. The Morgan fingerprint density at radius 2 is 1.07 bits per heavy atom. The van der Waals surface area contributed by atoms with Crippen molar-refractivity contribution in [2.45, 2.75) is 0 Å². The molecule has 0 bridgehead atoms. The van der Waals surface area contributed by atoms with Gasteiger partial charge < -0.3 is 38.4 Å². The summed E-state index contributed by atoms with van der Waals surface area (Å²) in [5.74, 6) is 3.18. The van der Waals surface area contributed by atoms with Crippen LogP contribution in [-0.4, -0.2) is 50.2 Å². The molecule has 0 fully saturated rings. The summed E-state index contributed by atoms with van der Waals surface area (Å²) < 4.78 is 35.5. The summed E-state index contributed by atoms with van der Waals surface area (Å²) in [5.41, 5.74) is 1.92. The van der Waals surface area contributed by atoms with Crippen molar-refractivity contribution in [3.8, 4) is 28.7 Å². The molecule has 10 heteroatoms. The minimum absolute atomic E-state index is 0.572. The van der Waals surface area contributed by atoms with Crippen LogP contribution < -0.4 is 23.7 Å². The number of rotatable bonds is 7. The van der Waals surface area contributed by atoms with Gasteiger partial charge in [-0.3, -0.25) is 0 Å². The van der Waals surface area contributed by atoms with E-state index in [-0.39, 0.29) is 0 Å². The summed E-state index contributed by atoms with van der Waals surface area (Å²) in [6, 6.07) is 9.51. The third kappa shape index (κ3) is 8.05. The van der Waals surface area contributed by atoms with Crippen LogP contribution in [-0.2, 0) is 4.57 Å². The smallest absolute Gasteiger partial charge is 0.466 e. The van der Waals surface area contributed by atoms with Gasteiger partial charge in [-0.05, 0) is 35.4 Å². The van der Waals surface area contributed by atoms with Gasteiger partial charge in [-0.15, -0.1) is 0 Å². The summed E-state index contributed by atoms with van der Waals surface area (Å²) in [7, 11) is 3.37. The van der Waals surface area contributed by atoms with Crippen LogP contribution in [0.5, 0.6) is 28.7 Å². The number of phosphoric acid groups is 1. The van der Waals surface area contributed by atoms with Gasteiger partial charge in [-0.25, -0.2) is 4.57 Å². The first kappa shape index (κ1) is 24.3. The number of benzene rings is 2. The van der Waals surface area contributed by atoms with E-state index in [0.29, 0.717) is 28.7 Å². The summed E-state index contributed by atoms with van der Waals surface area (Å²) in [6.07, 6.45) is 3.94. The Balaban J connectivity index is 0.000000749. The molecular weight excluding hydrogens is 403 g/mol. The number of ether oxygens (including phenoxy) is 5. The fourth-order valence-corrected chi connectivity index (χ4v) is 2.35. The van der Waals surface area contributed by atoms with Crippen molar-refractivity contribution in [3.05, 3.63) is 41.5 Å². The molecule has 9 nitrogen and oxygen atoms in total. The standard InChI is InChI=1S/C19H22O5.H3O4P/c1-20-15-9-8-13(10-16(15)21-2)6-7-14-11-17(22-3)19(24-5)18(12-14)23-4;1-5(2,3)4/h6-12H,1-5H3;(H3,1,2,3,4)/b7-6-;. The maximum absolute atomic E-state index is 8.88. The Morgan fingerprint density at radius 3 is 1.48 bits per heavy atom. The van der Waals surface area contributed by atoms with E-state index < -0.39 is 7.82 Å². The summed E-state index contributed by atoms with van der Waals surface area (Å²) in [5, 5.41) is 0. The molecule has 0 atom stereocenters. The van der Waals surface area contributed by atoms with Crippen LogP contribution in [0, 0.1) is 0 Å². The van der Waals surface area contributed by atoms with Gasteiger partial charge in [0, 0.05) is 0 Å². The molecule has 2 aromatic carbocycles. The van der Waals surface area contributed by atoms with Gasteiger partial charge in [0.15, 0.2) is 23.0 Å². The molecule has 0 saturated carbocycles. The molecule has 0 aromatic heterocycles. The Morgan fingerprint density at radius 1 is 0.655 bits per heavy atom. The maximum Gasteiger partial charge on any atom is 0.466 e. The average Bonchev–Trinajstić information content (AvgIpc) is 2.69. The van der Waals surface area contributed by atoms with Crippen molar-refractivity contribution >= 4 is 20.0 Å². The predicted octanol–water partition coefficient (Wildman–Crippen LogP) is 2.97. The summed E-state index contributed by atoms with van der Waals surface area (Å²) in [6.45, 7) is 0. The van der Waals surface area contributed by atoms with Crippen LogP contribution in [0.15, 0.2) is 30.3 Å². The van der Waals surface area contributed by atoms with E-state index in [9.17, 15) is 0 Å². The number of hydrogen-bond acceptors (Lipinski definition) is 6. The molecule has 0 aliphatic carbocycles. The van der Waals surface area contributed by atoms with E-state index in [2.05, 4.69) is 0 Å². The van der Waals surface area contributed by atoms with Crippen molar-refractivity contribution in [2.24, 2.45) is 0 Å². The molecule has 0 heterocycles. The second-order valence-corrected chi connectivity index (χ2v) is 6.45. The topological polar surface area (TPSA) is 124 Å². The molecule has 3 N–H and O–H groups in total. The lowest BCUT2D eigenvalue weighted by atomic mass is 10.1.